The third-order valence-electron chi connectivity index (χ3n) is 4.75. The Hall–Kier alpha value is -1.70. The van der Waals surface area contributed by atoms with Crippen LogP contribution < -0.4 is 0 Å². The Kier molecular flexibility index (Phi) is 5.33. The van der Waals surface area contributed by atoms with Crippen molar-refractivity contribution in [2.45, 2.75) is 40.4 Å². The zero-order valence-electron chi connectivity index (χ0n) is 14.8. The predicted octanol–water partition coefficient (Wildman–Crippen LogP) is 1.11. The zero-order chi connectivity index (χ0) is 17.1. The van der Waals surface area contributed by atoms with Gasteiger partial charge in [0, 0.05) is 56.6 Å². The highest BCUT2D eigenvalue weighted by atomic mass is 16.5. The lowest BCUT2D eigenvalue weighted by Crippen LogP contribution is -2.45. The molecule has 3 rings (SSSR count). The van der Waals surface area contributed by atoms with Gasteiger partial charge in [-0.1, -0.05) is 5.16 Å². The minimum atomic E-state index is 0.127. The predicted molar refractivity (Wildman–Crippen MR) is 90.6 cm³/mol. The SMILES string of the molecule is Cc1cc(CN2CCN(Cc3c(C)nn(CCO)c3C)CC2)no1. The monoisotopic (exact) mass is 333 g/mol. The van der Waals surface area contributed by atoms with E-state index in [4.69, 9.17) is 9.63 Å². The summed E-state index contributed by atoms with van der Waals surface area (Å²) in [7, 11) is 0. The van der Waals surface area contributed by atoms with Crippen molar-refractivity contribution in [3.63, 3.8) is 0 Å². The fraction of sp³-hybridized carbons (Fsp3) is 0.647. The number of aromatic nitrogens is 3. The second-order valence-corrected chi connectivity index (χ2v) is 6.58. The molecule has 7 heteroatoms. The lowest BCUT2D eigenvalue weighted by atomic mass is 10.1. The molecule has 2 aromatic heterocycles. The van der Waals surface area contributed by atoms with E-state index in [0.29, 0.717) is 6.54 Å². The summed E-state index contributed by atoms with van der Waals surface area (Å²) in [5.74, 6) is 0.870. The van der Waals surface area contributed by atoms with E-state index in [2.05, 4.69) is 33.9 Å². The summed E-state index contributed by atoms with van der Waals surface area (Å²) in [5, 5.41) is 17.7. The molecule has 2 aromatic rings. The van der Waals surface area contributed by atoms with Crippen LogP contribution in [0, 0.1) is 20.8 Å². The highest BCUT2D eigenvalue weighted by molar-refractivity contribution is 5.24. The molecule has 1 aliphatic heterocycles. The molecule has 1 aliphatic rings. The van der Waals surface area contributed by atoms with Gasteiger partial charge in [0.1, 0.15) is 5.76 Å². The maximum Gasteiger partial charge on any atom is 0.133 e. The Morgan fingerprint density at radius 3 is 2.33 bits per heavy atom. The number of hydrogen-bond donors (Lipinski definition) is 1. The van der Waals surface area contributed by atoms with Gasteiger partial charge in [-0.2, -0.15) is 5.10 Å². The van der Waals surface area contributed by atoms with Gasteiger partial charge in [-0.25, -0.2) is 0 Å². The fourth-order valence-corrected chi connectivity index (χ4v) is 3.33. The van der Waals surface area contributed by atoms with Crippen molar-refractivity contribution in [2.24, 2.45) is 0 Å². The fourth-order valence-electron chi connectivity index (χ4n) is 3.33. The van der Waals surface area contributed by atoms with Gasteiger partial charge in [0.05, 0.1) is 24.5 Å². The molecular formula is C17H27N5O2. The Morgan fingerprint density at radius 1 is 1.08 bits per heavy atom. The molecule has 0 bridgehead atoms. The van der Waals surface area contributed by atoms with Crippen LogP contribution in [0.15, 0.2) is 10.6 Å². The van der Waals surface area contributed by atoms with E-state index in [9.17, 15) is 0 Å². The maximum atomic E-state index is 9.13. The molecule has 3 heterocycles. The molecule has 1 N–H and O–H groups in total. The number of rotatable bonds is 6. The molecular weight excluding hydrogens is 306 g/mol. The number of aliphatic hydroxyl groups is 1. The first kappa shape index (κ1) is 17.1. The molecule has 7 nitrogen and oxygen atoms in total. The summed E-state index contributed by atoms with van der Waals surface area (Å²) >= 11 is 0. The number of aliphatic hydroxyl groups excluding tert-OH is 1. The lowest BCUT2D eigenvalue weighted by Gasteiger charge is -2.34. The van der Waals surface area contributed by atoms with Gasteiger partial charge in [0.2, 0.25) is 0 Å². The van der Waals surface area contributed by atoms with E-state index >= 15 is 0 Å². The van der Waals surface area contributed by atoms with Crippen molar-refractivity contribution in [1.29, 1.82) is 0 Å². The van der Waals surface area contributed by atoms with Gasteiger partial charge in [-0.3, -0.25) is 14.5 Å². The molecule has 24 heavy (non-hydrogen) atoms. The Balaban J connectivity index is 1.54. The molecule has 0 amide bonds. The smallest absolute Gasteiger partial charge is 0.133 e. The average Bonchev–Trinajstić information content (AvgIpc) is 3.08. The summed E-state index contributed by atoms with van der Waals surface area (Å²) in [5.41, 5.74) is 4.55. The number of aryl methyl sites for hydroxylation is 2. The molecule has 0 atom stereocenters. The largest absolute Gasteiger partial charge is 0.394 e. The lowest BCUT2D eigenvalue weighted by molar-refractivity contribution is 0.119. The van der Waals surface area contributed by atoms with Gasteiger partial charge >= 0.3 is 0 Å². The van der Waals surface area contributed by atoms with Crippen LogP contribution in [0.5, 0.6) is 0 Å². The molecule has 0 spiro atoms. The Bertz CT molecular complexity index is 671. The van der Waals surface area contributed by atoms with Crippen LogP contribution >= 0.6 is 0 Å². The third-order valence-corrected chi connectivity index (χ3v) is 4.75. The molecule has 1 saturated heterocycles. The normalized spacial score (nSPS) is 16.8. The number of piperazine rings is 1. The highest BCUT2D eigenvalue weighted by Gasteiger charge is 2.21. The summed E-state index contributed by atoms with van der Waals surface area (Å²) < 4.78 is 7.05. The molecule has 0 saturated carbocycles. The third kappa shape index (κ3) is 3.85. The summed E-state index contributed by atoms with van der Waals surface area (Å²) in [6.45, 7) is 12.7. The van der Waals surface area contributed by atoms with Crippen LogP contribution in [0.3, 0.4) is 0 Å². The quantitative estimate of drug-likeness (QED) is 0.854. The minimum Gasteiger partial charge on any atom is -0.394 e. The van der Waals surface area contributed by atoms with Crippen molar-refractivity contribution in [1.82, 2.24) is 24.7 Å². The zero-order valence-corrected chi connectivity index (χ0v) is 14.8. The molecule has 0 unspecified atom stereocenters. The van der Waals surface area contributed by atoms with E-state index in [1.807, 2.05) is 17.7 Å². The maximum absolute atomic E-state index is 9.13. The summed E-state index contributed by atoms with van der Waals surface area (Å²) in [4.78, 5) is 4.90. The van der Waals surface area contributed by atoms with E-state index in [0.717, 1.165) is 56.4 Å². The van der Waals surface area contributed by atoms with Crippen LogP contribution in [0.4, 0.5) is 0 Å². The second kappa shape index (κ2) is 7.46. The second-order valence-electron chi connectivity index (χ2n) is 6.58. The van der Waals surface area contributed by atoms with Gasteiger partial charge in [0.15, 0.2) is 0 Å². The number of nitrogens with zero attached hydrogens (tertiary/aromatic N) is 5. The van der Waals surface area contributed by atoms with E-state index in [1.165, 1.54) is 11.3 Å². The van der Waals surface area contributed by atoms with Crippen LogP contribution in [0.1, 0.15) is 28.4 Å². The molecule has 0 radical (unpaired) electrons. The first-order chi connectivity index (χ1) is 11.6. The molecule has 132 valence electrons. The summed E-state index contributed by atoms with van der Waals surface area (Å²) in [6.07, 6.45) is 0. The van der Waals surface area contributed by atoms with Crippen molar-refractivity contribution in [3.05, 3.63) is 34.5 Å². The summed E-state index contributed by atoms with van der Waals surface area (Å²) in [6, 6.07) is 2.01. The van der Waals surface area contributed by atoms with Gasteiger partial charge < -0.3 is 9.63 Å². The van der Waals surface area contributed by atoms with Crippen LogP contribution in [-0.2, 0) is 19.6 Å². The van der Waals surface area contributed by atoms with Crippen molar-refractivity contribution in [3.8, 4) is 0 Å². The van der Waals surface area contributed by atoms with Crippen molar-refractivity contribution < 1.29 is 9.63 Å². The van der Waals surface area contributed by atoms with Crippen molar-refractivity contribution in [2.75, 3.05) is 32.8 Å². The molecule has 1 fully saturated rings. The first-order valence-electron chi connectivity index (χ1n) is 8.57. The van der Waals surface area contributed by atoms with E-state index < -0.39 is 0 Å². The van der Waals surface area contributed by atoms with E-state index in [-0.39, 0.29) is 6.61 Å². The standard InChI is InChI=1S/C17H27N5O2/c1-13-10-16(19-24-13)11-20-4-6-21(7-5-20)12-17-14(2)18-22(8-9-23)15(17)3/h10,23H,4-9,11-12H2,1-3H3. The Morgan fingerprint density at radius 2 is 1.75 bits per heavy atom. The Labute approximate surface area is 142 Å². The van der Waals surface area contributed by atoms with Gasteiger partial charge in [0.25, 0.3) is 0 Å². The van der Waals surface area contributed by atoms with Crippen LogP contribution in [0.2, 0.25) is 0 Å². The number of hydrogen-bond acceptors (Lipinski definition) is 6. The van der Waals surface area contributed by atoms with Crippen molar-refractivity contribution >= 4 is 0 Å². The van der Waals surface area contributed by atoms with Gasteiger partial charge in [-0.15, -0.1) is 0 Å². The minimum absolute atomic E-state index is 0.127. The van der Waals surface area contributed by atoms with Crippen LogP contribution in [0.25, 0.3) is 0 Å². The molecule has 0 aliphatic carbocycles. The van der Waals surface area contributed by atoms with E-state index in [1.54, 1.807) is 0 Å². The van der Waals surface area contributed by atoms with Gasteiger partial charge in [-0.05, 0) is 20.8 Å². The van der Waals surface area contributed by atoms with Crippen LogP contribution in [-0.4, -0.2) is 62.6 Å². The average molecular weight is 333 g/mol. The topological polar surface area (TPSA) is 70.6 Å². The highest BCUT2D eigenvalue weighted by Crippen LogP contribution is 2.17. The first-order valence-corrected chi connectivity index (χ1v) is 8.57. The molecule has 0 aromatic carbocycles.